The molecule has 4 nitrogen and oxygen atoms in total. The molecule has 0 spiro atoms. The highest BCUT2D eigenvalue weighted by Crippen LogP contribution is 2.19. The molecule has 1 aliphatic heterocycles. The maximum absolute atomic E-state index is 12.1. The number of benzene rings is 1. The molecule has 0 radical (unpaired) electrons. The van der Waals surface area contributed by atoms with Crippen molar-refractivity contribution in [2.24, 2.45) is 5.92 Å². The number of nitrogens with one attached hydrogen (secondary N) is 1. The van der Waals surface area contributed by atoms with Gasteiger partial charge >= 0.3 is 0 Å². The third kappa shape index (κ3) is 4.74. The van der Waals surface area contributed by atoms with Gasteiger partial charge in [0.05, 0.1) is 13.0 Å². The Morgan fingerprint density at radius 3 is 3.00 bits per heavy atom. The Balaban J connectivity index is 1.70. The molecular formula is C17H26N2O2. The van der Waals surface area contributed by atoms with Gasteiger partial charge in [-0.25, -0.2) is 0 Å². The van der Waals surface area contributed by atoms with Gasteiger partial charge in [-0.1, -0.05) is 18.2 Å². The number of methoxy groups -OCH3 is 1. The summed E-state index contributed by atoms with van der Waals surface area (Å²) in [7, 11) is 3.78. The first kappa shape index (κ1) is 15.8. The SMILES string of the molecule is COc1ccccc1CCCNC(=O)[C@H]1CCCN(C)C1. The van der Waals surface area contributed by atoms with Crippen LogP contribution in [-0.2, 0) is 11.2 Å². The third-order valence-electron chi connectivity index (χ3n) is 4.11. The topological polar surface area (TPSA) is 41.6 Å². The van der Waals surface area contributed by atoms with Gasteiger partial charge < -0.3 is 15.0 Å². The molecule has 1 aliphatic rings. The van der Waals surface area contributed by atoms with E-state index in [4.69, 9.17) is 4.74 Å². The third-order valence-corrected chi connectivity index (χ3v) is 4.11. The fourth-order valence-corrected chi connectivity index (χ4v) is 2.92. The first-order chi connectivity index (χ1) is 10.2. The highest BCUT2D eigenvalue weighted by molar-refractivity contribution is 5.78. The number of rotatable bonds is 6. The number of para-hydroxylation sites is 1. The fourth-order valence-electron chi connectivity index (χ4n) is 2.92. The zero-order valence-corrected chi connectivity index (χ0v) is 13.1. The highest BCUT2D eigenvalue weighted by Gasteiger charge is 2.23. The minimum atomic E-state index is 0.162. The summed E-state index contributed by atoms with van der Waals surface area (Å²) in [6.45, 7) is 2.73. The van der Waals surface area contributed by atoms with Crippen molar-refractivity contribution in [1.82, 2.24) is 10.2 Å². The zero-order chi connectivity index (χ0) is 15.1. The van der Waals surface area contributed by atoms with Crippen LogP contribution in [0.3, 0.4) is 0 Å². The molecule has 0 aliphatic carbocycles. The summed E-state index contributed by atoms with van der Waals surface area (Å²) < 4.78 is 5.34. The van der Waals surface area contributed by atoms with Crippen molar-refractivity contribution < 1.29 is 9.53 Å². The van der Waals surface area contributed by atoms with Crippen LogP contribution >= 0.6 is 0 Å². The molecule has 1 saturated heterocycles. The van der Waals surface area contributed by atoms with Crippen LogP contribution in [0, 0.1) is 5.92 Å². The van der Waals surface area contributed by atoms with Gasteiger partial charge in [-0.05, 0) is 50.9 Å². The summed E-state index contributed by atoms with van der Waals surface area (Å²) in [5.74, 6) is 1.30. The molecule has 1 amide bonds. The average molecular weight is 290 g/mol. The quantitative estimate of drug-likeness (QED) is 0.816. The van der Waals surface area contributed by atoms with Gasteiger partial charge in [0.2, 0.25) is 5.91 Å². The van der Waals surface area contributed by atoms with Crippen molar-refractivity contribution >= 4 is 5.91 Å². The van der Waals surface area contributed by atoms with Gasteiger partial charge in [0, 0.05) is 13.1 Å². The van der Waals surface area contributed by atoms with Gasteiger partial charge in [-0.2, -0.15) is 0 Å². The number of likely N-dealkylation sites (tertiary alicyclic amines) is 1. The van der Waals surface area contributed by atoms with Crippen LogP contribution < -0.4 is 10.1 Å². The molecule has 4 heteroatoms. The van der Waals surface area contributed by atoms with Crippen LogP contribution in [-0.4, -0.2) is 44.6 Å². The van der Waals surface area contributed by atoms with Crippen molar-refractivity contribution in [3.8, 4) is 5.75 Å². The lowest BCUT2D eigenvalue weighted by atomic mass is 9.97. The predicted octanol–water partition coefficient (Wildman–Crippen LogP) is 2.09. The van der Waals surface area contributed by atoms with Gasteiger partial charge in [0.25, 0.3) is 0 Å². The first-order valence-corrected chi connectivity index (χ1v) is 7.79. The lowest BCUT2D eigenvalue weighted by Gasteiger charge is -2.28. The van der Waals surface area contributed by atoms with Crippen molar-refractivity contribution in [3.05, 3.63) is 29.8 Å². The van der Waals surface area contributed by atoms with E-state index in [1.54, 1.807) is 7.11 Å². The normalized spacial score (nSPS) is 19.2. The Kier molecular flexibility index (Phi) is 6.05. The van der Waals surface area contributed by atoms with Gasteiger partial charge in [-0.3, -0.25) is 4.79 Å². The van der Waals surface area contributed by atoms with E-state index in [-0.39, 0.29) is 11.8 Å². The number of piperidine rings is 1. The Labute approximate surface area is 127 Å². The first-order valence-electron chi connectivity index (χ1n) is 7.79. The van der Waals surface area contributed by atoms with E-state index in [0.29, 0.717) is 0 Å². The maximum atomic E-state index is 12.1. The molecule has 1 atom stereocenters. The summed E-state index contributed by atoms with van der Waals surface area (Å²) in [4.78, 5) is 14.4. The highest BCUT2D eigenvalue weighted by atomic mass is 16.5. The van der Waals surface area contributed by atoms with Crippen LogP contribution in [0.5, 0.6) is 5.75 Å². The zero-order valence-electron chi connectivity index (χ0n) is 13.1. The van der Waals surface area contributed by atoms with E-state index in [0.717, 1.165) is 51.1 Å². The molecule has 0 saturated carbocycles. The van der Waals surface area contributed by atoms with E-state index in [1.807, 2.05) is 18.2 Å². The Hall–Kier alpha value is -1.55. The lowest BCUT2D eigenvalue weighted by molar-refractivity contribution is -0.126. The minimum Gasteiger partial charge on any atom is -0.496 e. The van der Waals surface area contributed by atoms with Crippen molar-refractivity contribution in [2.45, 2.75) is 25.7 Å². The van der Waals surface area contributed by atoms with Gasteiger partial charge in [0.1, 0.15) is 5.75 Å². The molecule has 116 valence electrons. The van der Waals surface area contributed by atoms with Gasteiger partial charge in [-0.15, -0.1) is 0 Å². The summed E-state index contributed by atoms with van der Waals surface area (Å²) in [5, 5.41) is 3.07. The number of hydrogen-bond acceptors (Lipinski definition) is 3. The molecule has 1 heterocycles. The second-order valence-corrected chi connectivity index (χ2v) is 5.81. The molecule has 2 rings (SSSR count). The standard InChI is InChI=1S/C17H26N2O2/c1-19-12-6-9-15(13-19)17(20)18-11-5-8-14-7-3-4-10-16(14)21-2/h3-4,7,10,15H,5-6,8-9,11-13H2,1-2H3,(H,18,20)/t15-/m0/s1. The Bertz CT molecular complexity index is 462. The number of ether oxygens (including phenoxy) is 1. The number of aryl methyl sites for hydroxylation is 1. The molecule has 21 heavy (non-hydrogen) atoms. The molecule has 1 aromatic rings. The summed E-state index contributed by atoms with van der Waals surface area (Å²) in [6.07, 6.45) is 4.00. The number of nitrogens with zero attached hydrogens (tertiary/aromatic N) is 1. The summed E-state index contributed by atoms with van der Waals surface area (Å²) >= 11 is 0. The van der Waals surface area contributed by atoms with Crippen LogP contribution in [0.1, 0.15) is 24.8 Å². The molecule has 1 N–H and O–H groups in total. The number of hydrogen-bond donors (Lipinski definition) is 1. The van der Waals surface area contributed by atoms with E-state index in [2.05, 4.69) is 23.3 Å². The molecule has 1 aromatic carbocycles. The average Bonchev–Trinajstić information content (AvgIpc) is 2.51. The van der Waals surface area contributed by atoms with E-state index < -0.39 is 0 Å². The minimum absolute atomic E-state index is 0.162. The van der Waals surface area contributed by atoms with Crippen LogP contribution in [0.4, 0.5) is 0 Å². The molecule has 1 fully saturated rings. The Morgan fingerprint density at radius 1 is 1.43 bits per heavy atom. The van der Waals surface area contributed by atoms with Crippen molar-refractivity contribution in [3.63, 3.8) is 0 Å². The number of carbonyl (C=O) groups excluding carboxylic acids is 1. The van der Waals surface area contributed by atoms with Gasteiger partial charge in [0.15, 0.2) is 0 Å². The molecular weight excluding hydrogens is 264 g/mol. The second kappa shape index (κ2) is 8.03. The summed E-state index contributed by atoms with van der Waals surface area (Å²) in [6, 6.07) is 8.06. The molecule has 0 unspecified atom stereocenters. The smallest absolute Gasteiger partial charge is 0.224 e. The molecule has 0 bridgehead atoms. The summed E-state index contributed by atoms with van der Waals surface area (Å²) in [5.41, 5.74) is 1.20. The number of amides is 1. The van der Waals surface area contributed by atoms with Crippen molar-refractivity contribution in [1.29, 1.82) is 0 Å². The maximum Gasteiger partial charge on any atom is 0.224 e. The largest absolute Gasteiger partial charge is 0.496 e. The predicted molar refractivity (Wildman–Crippen MR) is 84.5 cm³/mol. The Morgan fingerprint density at radius 2 is 2.24 bits per heavy atom. The van der Waals surface area contributed by atoms with E-state index >= 15 is 0 Å². The molecule has 0 aromatic heterocycles. The van der Waals surface area contributed by atoms with Crippen LogP contribution in [0.2, 0.25) is 0 Å². The van der Waals surface area contributed by atoms with Crippen molar-refractivity contribution in [2.75, 3.05) is 33.8 Å². The fraction of sp³-hybridized carbons (Fsp3) is 0.588. The van der Waals surface area contributed by atoms with E-state index in [9.17, 15) is 4.79 Å². The lowest BCUT2D eigenvalue weighted by Crippen LogP contribution is -2.41. The van der Waals surface area contributed by atoms with E-state index in [1.165, 1.54) is 5.56 Å². The monoisotopic (exact) mass is 290 g/mol. The van der Waals surface area contributed by atoms with Crippen LogP contribution in [0.25, 0.3) is 0 Å². The second-order valence-electron chi connectivity index (χ2n) is 5.81. The number of carbonyl (C=O) groups is 1. The van der Waals surface area contributed by atoms with Crippen LogP contribution in [0.15, 0.2) is 24.3 Å².